The summed E-state index contributed by atoms with van der Waals surface area (Å²) >= 11 is 6.01. The lowest BCUT2D eigenvalue weighted by atomic mass is 10.2. The van der Waals surface area contributed by atoms with Crippen LogP contribution < -0.4 is 4.72 Å². The number of benzene rings is 2. The van der Waals surface area contributed by atoms with Gasteiger partial charge in [0.2, 0.25) is 0 Å². The molecule has 3 aromatic rings. The molecule has 0 saturated carbocycles. The van der Waals surface area contributed by atoms with Crippen LogP contribution in [0.3, 0.4) is 0 Å². The van der Waals surface area contributed by atoms with Crippen LogP contribution in [0.15, 0.2) is 53.6 Å². The molecule has 23 heavy (non-hydrogen) atoms. The highest BCUT2D eigenvalue weighted by Gasteiger charge is 2.18. The Morgan fingerprint density at radius 3 is 2.65 bits per heavy atom. The predicted molar refractivity (Wildman–Crippen MR) is 87.5 cm³/mol. The number of carboxylic acids is 1. The third-order valence-electron chi connectivity index (χ3n) is 3.30. The van der Waals surface area contributed by atoms with E-state index in [9.17, 15) is 13.2 Å². The number of halogens is 1. The average Bonchev–Trinajstić information content (AvgIpc) is 2.90. The summed E-state index contributed by atoms with van der Waals surface area (Å²) in [4.78, 5) is 13.8. The lowest BCUT2D eigenvalue weighted by Gasteiger charge is -2.09. The number of aromatic nitrogens is 1. The second kappa shape index (κ2) is 5.60. The van der Waals surface area contributed by atoms with Crippen LogP contribution in [-0.4, -0.2) is 24.5 Å². The molecule has 0 aliphatic rings. The summed E-state index contributed by atoms with van der Waals surface area (Å²) in [6.07, 6.45) is 1.56. The van der Waals surface area contributed by atoms with Crippen LogP contribution in [0.2, 0.25) is 5.02 Å². The summed E-state index contributed by atoms with van der Waals surface area (Å²) in [5, 5.41) is 10.1. The van der Waals surface area contributed by atoms with Gasteiger partial charge in [0.25, 0.3) is 10.0 Å². The van der Waals surface area contributed by atoms with Crippen molar-refractivity contribution in [2.75, 3.05) is 4.72 Å². The molecule has 8 heteroatoms. The number of rotatable bonds is 4. The highest BCUT2D eigenvalue weighted by molar-refractivity contribution is 7.92. The minimum Gasteiger partial charge on any atom is -0.478 e. The minimum absolute atomic E-state index is 0.103. The highest BCUT2D eigenvalue weighted by Crippen LogP contribution is 2.29. The van der Waals surface area contributed by atoms with Gasteiger partial charge in [0.15, 0.2) is 0 Å². The molecule has 0 amide bonds. The van der Waals surface area contributed by atoms with Gasteiger partial charge in [-0.25, -0.2) is 13.2 Å². The van der Waals surface area contributed by atoms with Crippen molar-refractivity contribution in [2.24, 2.45) is 0 Å². The normalized spacial score (nSPS) is 11.5. The number of hydrogen-bond acceptors (Lipinski definition) is 3. The molecule has 6 nitrogen and oxygen atoms in total. The van der Waals surface area contributed by atoms with Gasteiger partial charge in [-0.05, 0) is 24.3 Å². The molecule has 0 aliphatic carbocycles. The number of fused-ring (bicyclic) bond motifs is 1. The second-order valence-electron chi connectivity index (χ2n) is 4.80. The Labute approximate surface area is 136 Å². The van der Waals surface area contributed by atoms with Crippen molar-refractivity contribution in [3.8, 4) is 0 Å². The molecule has 0 saturated heterocycles. The monoisotopic (exact) mass is 350 g/mol. The summed E-state index contributed by atoms with van der Waals surface area (Å²) in [6.45, 7) is 0. The van der Waals surface area contributed by atoms with E-state index in [4.69, 9.17) is 16.7 Å². The molecule has 3 rings (SSSR count). The molecule has 0 radical (unpaired) electrons. The number of H-pyrrole nitrogens is 1. The Hall–Kier alpha value is -2.51. The van der Waals surface area contributed by atoms with Gasteiger partial charge in [0.1, 0.15) is 0 Å². The Bertz CT molecular complexity index is 1010. The molecule has 118 valence electrons. The van der Waals surface area contributed by atoms with Gasteiger partial charge < -0.3 is 10.1 Å². The van der Waals surface area contributed by atoms with E-state index < -0.39 is 16.0 Å². The number of hydrogen-bond donors (Lipinski definition) is 3. The van der Waals surface area contributed by atoms with Crippen molar-refractivity contribution in [1.29, 1.82) is 0 Å². The van der Waals surface area contributed by atoms with Crippen LogP contribution >= 0.6 is 11.6 Å². The van der Waals surface area contributed by atoms with Crippen LogP contribution in [0.4, 0.5) is 5.69 Å². The summed E-state index contributed by atoms with van der Waals surface area (Å²) in [7, 11) is -3.93. The van der Waals surface area contributed by atoms with Gasteiger partial charge in [-0.3, -0.25) is 4.72 Å². The van der Waals surface area contributed by atoms with Gasteiger partial charge in [-0.1, -0.05) is 29.8 Å². The maximum atomic E-state index is 12.5. The summed E-state index contributed by atoms with van der Waals surface area (Å²) < 4.78 is 27.4. The summed E-state index contributed by atoms with van der Waals surface area (Å²) in [5.74, 6) is -1.19. The number of aromatic carboxylic acids is 1. The first kappa shape index (κ1) is 15.4. The zero-order chi connectivity index (χ0) is 16.6. The molecule has 0 fully saturated rings. The second-order valence-corrected chi connectivity index (χ2v) is 6.89. The Morgan fingerprint density at radius 2 is 1.91 bits per heavy atom. The maximum Gasteiger partial charge on any atom is 0.335 e. The Balaban J connectivity index is 2.03. The fourth-order valence-electron chi connectivity index (χ4n) is 2.21. The first-order valence-electron chi connectivity index (χ1n) is 6.50. The van der Waals surface area contributed by atoms with E-state index in [-0.39, 0.29) is 10.5 Å². The van der Waals surface area contributed by atoms with Crippen molar-refractivity contribution < 1.29 is 18.3 Å². The van der Waals surface area contributed by atoms with E-state index in [1.54, 1.807) is 24.4 Å². The van der Waals surface area contributed by atoms with Crippen LogP contribution in [0.1, 0.15) is 10.4 Å². The molecule has 2 aromatic carbocycles. The molecule has 1 heterocycles. The van der Waals surface area contributed by atoms with E-state index in [0.29, 0.717) is 21.6 Å². The zero-order valence-electron chi connectivity index (χ0n) is 11.6. The van der Waals surface area contributed by atoms with Crippen molar-refractivity contribution in [3.63, 3.8) is 0 Å². The fourth-order valence-corrected chi connectivity index (χ4v) is 3.53. The smallest absolute Gasteiger partial charge is 0.335 e. The average molecular weight is 351 g/mol. The van der Waals surface area contributed by atoms with Crippen molar-refractivity contribution >= 4 is 44.2 Å². The number of nitrogens with one attached hydrogen (secondary N) is 2. The van der Waals surface area contributed by atoms with Crippen LogP contribution in [0, 0.1) is 0 Å². The highest BCUT2D eigenvalue weighted by atomic mass is 35.5. The zero-order valence-corrected chi connectivity index (χ0v) is 13.1. The van der Waals surface area contributed by atoms with Gasteiger partial charge >= 0.3 is 5.97 Å². The number of aromatic amines is 1. The summed E-state index contributed by atoms with van der Waals surface area (Å²) in [5.41, 5.74) is 0.777. The summed E-state index contributed by atoms with van der Waals surface area (Å²) in [6, 6.07) is 10.2. The minimum atomic E-state index is -3.93. The van der Waals surface area contributed by atoms with Gasteiger partial charge in [-0.2, -0.15) is 0 Å². The van der Waals surface area contributed by atoms with Crippen LogP contribution in [0.25, 0.3) is 10.9 Å². The van der Waals surface area contributed by atoms with Gasteiger partial charge in [-0.15, -0.1) is 0 Å². The Kier molecular flexibility index (Phi) is 3.75. The third-order valence-corrected chi connectivity index (χ3v) is 4.98. The SMILES string of the molecule is O=C(O)c1cccc(S(=O)(=O)Nc2cccc3c(Cl)c[nH]c23)c1. The molecule has 0 atom stereocenters. The molecule has 0 unspecified atom stereocenters. The first-order valence-corrected chi connectivity index (χ1v) is 8.36. The molecule has 0 bridgehead atoms. The lowest BCUT2D eigenvalue weighted by molar-refractivity contribution is 0.0696. The Morgan fingerprint density at radius 1 is 1.17 bits per heavy atom. The number of anilines is 1. The third kappa shape index (κ3) is 2.88. The number of carbonyl (C=O) groups is 1. The van der Waals surface area contributed by atoms with E-state index in [0.717, 1.165) is 6.07 Å². The fraction of sp³-hybridized carbons (Fsp3) is 0. The number of carboxylic acid groups (broad SMARTS) is 1. The van der Waals surface area contributed by atoms with Gasteiger partial charge in [0.05, 0.1) is 26.7 Å². The quantitative estimate of drug-likeness (QED) is 0.672. The van der Waals surface area contributed by atoms with E-state index in [2.05, 4.69) is 9.71 Å². The van der Waals surface area contributed by atoms with E-state index >= 15 is 0 Å². The van der Waals surface area contributed by atoms with Crippen molar-refractivity contribution in [2.45, 2.75) is 4.90 Å². The molecule has 0 aliphatic heterocycles. The standard InChI is InChI=1S/C15H11ClN2O4S/c16-12-8-17-14-11(12)5-2-6-13(14)18-23(21,22)10-4-1-3-9(7-10)15(19)20/h1-8,17-18H,(H,19,20). The molecular formula is C15H11ClN2O4S. The largest absolute Gasteiger partial charge is 0.478 e. The van der Waals surface area contributed by atoms with Crippen molar-refractivity contribution in [3.05, 3.63) is 59.2 Å². The topological polar surface area (TPSA) is 99.3 Å². The molecule has 1 aromatic heterocycles. The lowest BCUT2D eigenvalue weighted by Crippen LogP contribution is -2.14. The van der Waals surface area contributed by atoms with Gasteiger partial charge in [0, 0.05) is 11.6 Å². The predicted octanol–water partition coefficient (Wildman–Crippen LogP) is 3.32. The van der Waals surface area contributed by atoms with Crippen molar-refractivity contribution in [1.82, 2.24) is 4.98 Å². The number of para-hydroxylation sites is 1. The van der Waals surface area contributed by atoms with E-state index in [1.165, 1.54) is 18.2 Å². The molecule has 3 N–H and O–H groups in total. The first-order chi connectivity index (χ1) is 10.9. The van der Waals surface area contributed by atoms with Crippen LogP contribution in [-0.2, 0) is 10.0 Å². The van der Waals surface area contributed by atoms with E-state index in [1.807, 2.05) is 0 Å². The van der Waals surface area contributed by atoms with Crippen LogP contribution in [0.5, 0.6) is 0 Å². The molecule has 0 spiro atoms. The maximum absolute atomic E-state index is 12.5. The molecular weight excluding hydrogens is 340 g/mol. The number of sulfonamides is 1.